The quantitative estimate of drug-likeness (QED) is 0.316. The van der Waals surface area contributed by atoms with Gasteiger partial charge in [0.15, 0.2) is 0 Å². The fraction of sp³-hybridized carbons (Fsp3) is 0.0952. The summed E-state index contributed by atoms with van der Waals surface area (Å²) < 4.78 is 5.78. The Morgan fingerprint density at radius 1 is 0.808 bits per heavy atom. The van der Waals surface area contributed by atoms with Crippen molar-refractivity contribution in [1.29, 1.82) is 0 Å². The molecule has 2 nitrogen and oxygen atoms in total. The van der Waals surface area contributed by atoms with Crippen molar-refractivity contribution in [3.05, 3.63) is 92.9 Å². The van der Waals surface area contributed by atoms with Crippen molar-refractivity contribution in [3.63, 3.8) is 0 Å². The van der Waals surface area contributed by atoms with Gasteiger partial charge in [-0.1, -0.05) is 59.1 Å². The van der Waals surface area contributed by atoms with E-state index in [4.69, 9.17) is 39.5 Å². The van der Waals surface area contributed by atoms with E-state index in [-0.39, 0.29) is 6.04 Å². The van der Waals surface area contributed by atoms with E-state index in [1.807, 2.05) is 67.6 Å². The average molecular weight is 405 g/mol. The summed E-state index contributed by atoms with van der Waals surface area (Å²) in [5.74, 6) is 1.57. The third kappa shape index (κ3) is 4.59. The van der Waals surface area contributed by atoms with E-state index in [1.54, 1.807) is 12.3 Å². The van der Waals surface area contributed by atoms with Crippen LogP contribution >= 0.6 is 34.8 Å². The Morgan fingerprint density at radius 2 is 1.46 bits per heavy atom. The molecule has 132 valence electrons. The Morgan fingerprint density at radius 3 is 2.15 bits per heavy atom. The van der Waals surface area contributed by atoms with Gasteiger partial charge in [-0.2, -0.15) is 0 Å². The second kappa shape index (κ2) is 8.59. The van der Waals surface area contributed by atoms with E-state index in [0.717, 1.165) is 22.6 Å². The van der Waals surface area contributed by atoms with Crippen LogP contribution in [-0.4, -0.2) is 6.21 Å². The van der Waals surface area contributed by atoms with Crippen molar-refractivity contribution < 1.29 is 4.74 Å². The van der Waals surface area contributed by atoms with Crippen LogP contribution in [0.25, 0.3) is 0 Å². The van der Waals surface area contributed by atoms with Gasteiger partial charge < -0.3 is 4.74 Å². The van der Waals surface area contributed by atoms with Crippen LogP contribution in [0.1, 0.15) is 24.1 Å². The minimum Gasteiger partial charge on any atom is -0.457 e. The summed E-state index contributed by atoms with van der Waals surface area (Å²) in [5.41, 5.74) is 1.80. The number of aliphatic imine (C=N–C) groups is 1. The Balaban J connectivity index is 1.69. The number of benzene rings is 3. The van der Waals surface area contributed by atoms with Crippen LogP contribution < -0.4 is 4.74 Å². The maximum atomic E-state index is 6.27. The maximum absolute atomic E-state index is 6.27. The van der Waals surface area contributed by atoms with E-state index < -0.39 is 0 Å². The van der Waals surface area contributed by atoms with Crippen LogP contribution in [0.4, 0.5) is 0 Å². The number of halogens is 3. The SMILES string of the molecule is CC(/N=C/c1ccc(Oc2ccccc2)cc1)c1ccc(Cl)c(Cl)c1Cl. The number of hydrogen-bond donors (Lipinski definition) is 0. The molecule has 1 unspecified atom stereocenters. The topological polar surface area (TPSA) is 21.6 Å². The fourth-order valence-corrected chi connectivity index (χ4v) is 3.09. The molecular formula is C21H16Cl3NO. The molecule has 0 aromatic heterocycles. The Bertz CT molecular complexity index is 909. The minimum atomic E-state index is -0.141. The molecule has 0 radical (unpaired) electrons. The van der Waals surface area contributed by atoms with Gasteiger partial charge in [0.05, 0.1) is 21.1 Å². The van der Waals surface area contributed by atoms with E-state index >= 15 is 0 Å². The molecule has 0 amide bonds. The van der Waals surface area contributed by atoms with Gasteiger partial charge in [-0.25, -0.2) is 0 Å². The minimum absolute atomic E-state index is 0.141. The van der Waals surface area contributed by atoms with E-state index in [9.17, 15) is 0 Å². The summed E-state index contributed by atoms with van der Waals surface area (Å²) in [7, 11) is 0. The molecule has 26 heavy (non-hydrogen) atoms. The van der Waals surface area contributed by atoms with Gasteiger partial charge in [0, 0.05) is 6.21 Å². The number of para-hydroxylation sites is 1. The summed E-state index contributed by atoms with van der Waals surface area (Å²) in [6.45, 7) is 1.95. The third-order valence-corrected chi connectivity index (χ3v) is 5.13. The normalized spacial score (nSPS) is 12.3. The molecule has 0 fully saturated rings. The number of rotatable bonds is 5. The predicted molar refractivity (Wildman–Crippen MR) is 110 cm³/mol. The molecule has 0 spiro atoms. The third-order valence-electron chi connectivity index (χ3n) is 3.82. The van der Waals surface area contributed by atoms with Gasteiger partial charge in [0.25, 0.3) is 0 Å². The van der Waals surface area contributed by atoms with Crippen molar-refractivity contribution in [2.45, 2.75) is 13.0 Å². The first-order valence-electron chi connectivity index (χ1n) is 8.04. The number of nitrogens with zero attached hydrogens (tertiary/aromatic N) is 1. The molecule has 3 aromatic rings. The molecule has 5 heteroatoms. The van der Waals surface area contributed by atoms with E-state index in [1.165, 1.54) is 0 Å². The standard InChI is InChI=1S/C21H16Cl3NO/c1-14(18-11-12-19(22)21(24)20(18)23)25-13-15-7-9-17(10-8-15)26-16-5-3-2-4-6-16/h2-14H,1H3/b25-13+. The summed E-state index contributed by atoms with van der Waals surface area (Å²) in [4.78, 5) is 4.56. The zero-order valence-electron chi connectivity index (χ0n) is 14.0. The van der Waals surface area contributed by atoms with Crippen molar-refractivity contribution in [1.82, 2.24) is 0 Å². The van der Waals surface area contributed by atoms with Crippen LogP contribution in [0.2, 0.25) is 15.1 Å². The van der Waals surface area contributed by atoms with Crippen LogP contribution in [0.15, 0.2) is 71.7 Å². The van der Waals surface area contributed by atoms with E-state index in [0.29, 0.717) is 15.1 Å². The molecule has 0 saturated carbocycles. The van der Waals surface area contributed by atoms with Crippen LogP contribution in [0, 0.1) is 0 Å². The second-order valence-electron chi connectivity index (χ2n) is 5.70. The summed E-state index contributed by atoms with van der Waals surface area (Å²) in [6.07, 6.45) is 1.80. The monoisotopic (exact) mass is 403 g/mol. The van der Waals surface area contributed by atoms with Crippen LogP contribution in [0.3, 0.4) is 0 Å². The lowest BCUT2D eigenvalue weighted by Gasteiger charge is -2.11. The number of hydrogen-bond acceptors (Lipinski definition) is 2. The Hall–Kier alpha value is -2.00. The Labute approximate surface area is 168 Å². The first-order valence-corrected chi connectivity index (χ1v) is 9.17. The molecule has 3 aromatic carbocycles. The summed E-state index contributed by atoms with van der Waals surface area (Å²) in [5, 5.41) is 1.23. The average Bonchev–Trinajstić information content (AvgIpc) is 2.66. The Kier molecular flexibility index (Phi) is 6.20. The molecule has 0 aliphatic heterocycles. The smallest absolute Gasteiger partial charge is 0.127 e. The second-order valence-corrected chi connectivity index (χ2v) is 6.87. The largest absolute Gasteiger partial charge is 0.457 e. The molecule has 0 N–H and O–H groups in total. The molecule has 0 heterocycles. The molecule has 3 rings (SSSR count). The van der Waals surface area contributed by atoms with Gasteiger partial charge in [0.1, 0.15) is 11.5 Å². The first-order chi connectivity index (χ1) is 12.5. The number of ether oxygens (including phenoxy) is 1. The van der Waals surface area contributed by atoms with Crippen molar-refractivity contribution >= 4 is 41.0 Å². The van der Waals surface area contributed by atoms with Crippen molar-refractivity contribution in [2.75, 3.05) is 0 Å². The highest BCUT2D eigenvalue weighted by Crippen LogP contribution is 2.36. The van der Waals surface area contributed by atoms with Gasteiger partial charge in [-0.05, 0) is 60.5 Å². The zero-order valence-corrected chi connectivity index (χ0v) is 16.3. The van der Waals surface area contributed by atoms with Gasteiger partial charge in [-0.3, -0.25) is 4.99 Å². The maximum Gasteiger partial charge on any atom is 0.127 e. The van der Waals surface area contributed by atoms with Crippen molar-refractivity contribution in [3.8, 4) is 11.5 Å². The molecule has 0 saturated heterocycles. The highest BCUT2D eigenvalue weighted by molar-refractivity contribution is 6.48. The van der Waals surface area contributed by atoms with Crippen LogP contribution in [-0.2, 0) is 0 Å². The molecule has 0 aliphatic carbocycles. The molecule has 0 aliphatic rings. The molecular weight excluding hydrogens is 389 g/mol. The highest BCUT2D eigenvalue weighted by Gasteiger charge is 2.13. The van der Waals surface area contributed by atoms with Gasteiger partial charge >= 0.3 is 0 Å². The van der Waals surface area contributed by atoms with Crippen molar-refractivity contribution in [2.24, 2.45) is 4.99 Å². The lowest BCUT2D eigenvalue weighted by Crippen LogP contribution is -1.93. The summed E-state index contributed by atoms with van der Waals surface area (Å²) >= 11 is 18.3. The highest BCUT2D eigenvalue weighted by atomic mass is 35.5. The first kappa shape index (κ1) is 18.8. The lowest BCUT2D eigenvalue weighted by molar-refractivity contribution is 0.482. The van der Waals surface area contributed by atoms with Gasteiger partial charge in [-0.15, -0.1) is 0 Å². The van der Waals surface area contributed by atoms with E-state index in [2.05, 4.69) is 4.99 Å². The lowest BCUT2D eigenvalue weighted by atomic mass is 10.1. The predicted octanol–water partition coefficient (Wildman–Crippen LogP) is 7.62. The molecule has 1 atom stereocenters. The zero-order chi connectivity index (χ0) is 18.5. The summed E-state index contributed by atoms with van der Waals surface area (Å²) in [6, 6.07) is 20.8. The molecule has 0 bridgehead atoms. The fourth-order valence-electron chi connectivity index (χ4n) is 2.39. The van der Waals surface area contributed by atoms with Gasteiger partial charge in [0.2, 0.25) is 0 Å². The van der Waals surface area contributed by atoms with Crippen LogP contribution in [0.5, 0.6) is 11.5 Å².